The van der Waals surface area contributed by atoms with E-state index in [1.807, 2.05) is 21.1 Å². The molecule has 69 heavy (non-hydrogen) atoms. The van der Waals surface area contributed by atoms with Gasteiger partial charge in [-0.15, -0.1) is 0 Å². The molecule has 0 radical (unpaired) electrons. The Labute approximate surface area is 426 Å². The van der Waals surface area contributed by atoms with Crippen LogP contribution in [0.3, 0.4) is 0 Å². The van der Waals surface area contributed by atoms with Crippen molar-refractivity contribution in [2.75, 3.05) is 47.5 Å². The number of hydrogen-bond donors (Lipinski definition) is 1. The first-order chi connectivity index (χ1) is 33.5. The van der Waals surface area contributed by atoms with Gasteiger partial charge in [-0.3, -0.25) is 18.6 Å². The van der Waals surface area contributed by atoms with Crippen LogP contribution in [0.25, 0.3) is 0 Å². The summed E-state index contributed by atoms with van der Waals surface area (Å²) in [6.07, 6.45) is 64.6. The maximum Gasteiger partial charge on any atom is 0.472 e. The molecule has 402 valence electrons. The third-order valence-corrected chi connectivity index (χ3v) is 13.3. The molecule has 0 saturated carbocycles. The van der Waals surface area contributed by atoms with Gasteiger partial charge in [0.1, 0.15) is 19.8 Å². The lowest BCUT2D eigenvalue weighted by atomic mass is 10.0. The number of phosphoric ester groups is 1. The maximum absolute atomic E-state index is 12.8. The lowest BCUT2D eigenvalue weighted by molar-refractivity contribution is -0.870. The zero-order valence-corrected chi connectivity index (χ0v) is 46.4. The molecule has 0 aromatic carbocycles. The van der Waals surface area contributed by atoms with Crippen LogP contribution in [0.4, 0.5) is 0 Å². The van der Waals surface area contributed by atoms with Crippen LogP contribution in [0.1, 0.15) is 251 Å². The number of quaternary nitrogens is 1. The van der Waals surface area contributed by atoms with Crippen molar-refractivity contribution in [3.8, 4) is 0 Å². The number of rotatable bonds is 52. The molecule has 0 heterocycles. The van der Waals surface area contributed by atoms with Gasteiger partial charge in [-0.2, -0.15) is 0 Å². The maximum atomic E-state index is 12.8. The van der Waals surface area contributed by atoms with Gasteiger partial charge in [-0.25, -0.2) is 4.57 Å². The van der Waals surface area contributed by atoms with Crippen LogP contribution in [-0.2, 0) is 32.7 Å². The Bertz CT molecular complexity index is 1350. The second-order valence-corrected chi connectivity index (χ2v) is 21.8. The van der Waals surface area contributed by atoms with E-state index in [9.17, 15) is 19.0 Å². The highest BCUT2D eigenvalue weighted by Crippen LogP contribution is 2.43. The van der Waals surface area contributed by atoms with Crippen molar-refractivity contribution in [2.45, 2.75) is 258 Å². The molecule has 0 aromatic heterocycles. The first-order valence-electron chi connectivity index (χ1n) is 28.5. The van der Waals surface area contributed by atoms with Crippen LogP contribution in [0.15, 0.2) is 60.8 Å². The summed E-state index contributed by atoms with van der Waals surface area (Å²) < 4.78 is 34.4. The monoisotopic (exact) mass is 991 g/mol. The third-order valence-electron chi connectivity index (χ3n) is 12.3. The van der Waals surface area contributed by atoms with Crippen LogP contribution < -0.4 is 0 Å². The van der Waals surface area contributed by atoms with Crippen molar-refractivity contribution in [2.24, 2.45) is 0 Å². The minimum Gasteiger partial charge on any atom is -0.462 e. The molecular weight excluding hydrogens is 882 g/mol. The highest BCUT2D eigenvalue weighted by molar-refractivity contribution is 7.47. The molecule has 2 unspecified atom stereocenters. The molecule has 10 heteroatoms. The average Bonchev–Trinajstić information content (AvgIpc) is 3.31. The van der Waals surface area contributed by atoms with E-state index in [1.165, 1.54) is 154 Å². The lowest BCUT2D eigenvalue weighted by Crippen LogP contribution is -2.37. The largest absolute Gasteiger partial charge is 0.472 e. The van der Waals surface area contributed by atoms with E-state index in [0.717, 1.165) is 64.2 Å². The first-order valence-corrected chi connectivity index (χ1v) is 30.0. The highest BCUT2D eigenvalue weighted by Gasteiger charge is 2.27. The predicted octanol–water partition coefficient (Wildman–Crippen LogP) is 17.5. The number of unbranched alkanes of at least 4 members (excludes halogenated alkanes) is 28. The summed E-state index contributed by atoms with van der Waals surface area (Å²) in [5.41, 5.74) is 0. The standard InChI is InChI=1S/C59H108NO8P/c1-6-8-10-12-14-16-18-19-20-21-22-23-24-25-26-27-28-29-30-31-32-33-34-35-36-37-38-39-40-41-42-44-46-48-50-52-59(62)68-57(56-67-69(63,64)66-54-53-60(3,4)5)55-65-58(61)51-49-47-45-43-17-15-13-11-9-7-2/h8,10,14,16,19-20,22-23,25-26,57H,6-7,9,11-13,15,17-18,21,24,27-56H2,1-5H3/p+1/b10-8-,16-14-,20-19-,23-22-,26-25-. The van der Waals surface area contributed by atoms with Crippen LogP contribution in [-0.4, -0.2) is 74.9 Å². The van der Waals surface area contributed by atoms with Crippen molar-refractivity contribution in [1.29, 1.82) is 0 Å². The predicted molar refractivity (Wildman–Crippen MR) is 293 cm³/mol. The van der Waals surface area contributed by atoms with Gasteiger partial charge in [0.05, 0.1) is 27.7 Å². The normalized spacial score (nSPS) is 13.8. The number of likely N-dealkylation sites (N-methyl/N-ethyl adjacent to an activating group) is 1. The van der Waals surface area contributed by atoms with Crippen LogP contribution >= 0.6 is 7.82 Å². The Hall–Kier alpha value is -2.29. The van der Waals surface area contributed by atoms with E-state index >= 15 is 0 Å². The number of phosphoric acid groups is 1. The molecule has 0 saturated heterocycles. The molecule has 0 aliphatic rings. The van der Waals surface area contributed by atoms with Crippen LogP contribution in [0.5, 0.6) is 0 Å². The minimum absolute atomic E-state index is 0.0331. The average molecular weight is 991 g/mol. The van der Waals surface area contributed by atoms with Gasteiger partial charge < -0.3 is 18.9 Å². The third kappa shape index (κ3) is 54.9. The molecule has 0 aliphatic heterocycles. The molecule has 2 atom stereocenters. The molecule has 0 bridgehead atoms. The zero-order chi connectivity index (χ0) is 50.6. The van der Waals surface area contributed by atoms with Crippen molar-refractivity contribution in [1.82, 2.24) is 0 Å². The number of carbonyl (C=O) groups excluding carboxylic acids is 2. The van der Waals surface area contributed by atoms with E-state index in [1.54, 1.807) is 0 Å². The summed E-state index contributed by atoms with van der Waals surface area (Å²) in [5.74, 6) is -0.790. The molecule has 0 rings (SSSR count). The van der Waals surface area contributed by atoms with Gasteiger partial charge in [-0.05, 0) is 57.8 Å². The van der Waals surface area contributed by atoms with Crippen molar-refractivity contribution in [3.05, 3.63) is 60.8 Å². The van der Waals surface area contributed by atoms with E-state index in [2.05, 4.69) is 74.6 Å². The number of hydrogen-bond acceptors (Lipinski definition) is 7. The Morgan fingerprint density at radius 1 is 0.464 bits per heavy atom. The highest BCUT2D eigenvalue weighted by atomic mass is 31.2. The quantitative estimate of drug-likeness (QED) is 0.0211. The fourth-order valence-electron chi connectivity index (χ4n) is 7.93. The lowest BCUT2D eigenvalue weighted by Gasteiger charge is -2.24. The van der Waals surface area contributed by atoms with Gasteiger partial charge >= 0.3 is 19.8 Å². The molecular formula is C59H109NO8P+. The van der Waals surface area contributed by atoms with Gasteiger partial charge in [0.25, 0.3) is 0 Å². The van der Waals surface area contributed by atoms with Gasteiger partial charge in [0.2, 0.25) is 0 Å². The Morgan fingerprint density at radius 3 is 1.23 bits per heavy atom. The van der Waals surface area contributed by atoms with Crippen LogP contribution in [0, 0.1) is 0 Å². The van der Waals surface area contributed by atoms with Gasteiger partial charge in [-0.1, -0.05) is 242 Å². The summed E-state index contributed by atoms with van der Waals surface area (Å²) in [7, 11) is 1.48. The zero-order valence-electron chi connectivity index (χ0n) is 45.5. The van der Waals surface area contributed by atoms with Gasteiger partial charge in [0, 0.05) is 12.8 Å². The number of esters is 2. The summed E-state index contributed by atoms with van der Waals surface area (Å²) in [6.45, 7) is 4.32. The Kier molecular flexibility index (Phi) is 49.0. The smallest absolute Gasteiger partial charge is 0.462 e. The minimum atomic E-state index is -4.38. The summed E-state index contributed by atoms with van der Waals surface area (Å²) in [5, 5.41) is 0. The topological polar surface area (TPSA) is 108 Å². The molecule has 0 aromatic rings. The van der Waals surface area contributed by atoms with E-state index in [-0.39, 0.29) is 25.6 Å². The fourth-order valence-corrected chi connectivity index (χ4v) is 8.67. The molecule has 1 N–H and O–H groups in total. The molecule has 0 fully saturated rings. The van der Waals surface area contributed by atoms with E-state index < -0.39 is 26.5 Å². The van der Waals surface area contributed by atoms with Crippen molar-refractivity contribution >= 4 is 19.8 Å². The molecule has 9 nitrogen and oxygen atoms in total. The molecule has 0 aliphatic carbocycles. The summed E-state index contributed by atoms with van der Waals surface area (Å²) in [6, 6.07) is 0. The van der Waals surface area contributed by atoms with Gasteiger partial charge in [0.15, 0.2) is 6.10 Å². The van der Waals surface area contributed by atoms with E-state index in [4.69, 9.17) is 18.5 Å². The van der Waals surface area contributed by atoms with Crippen molar-refractivity contribution in [3.63, 3.8) is 0 Å². The number of nitrogens with zero attached hydrogens (tertiary/aromatic N) is 1. The SMILES string of the molecule is CC/C=C\C/C=C\C/C=C\C/C=C\C/C=C\CCCCCCCCCCCCCCCCCCCCCC(=O)OC(COC(=O)CCCCCCCCCCCC)COP(=O)(O)OCC[N+](C)(C)C. The number of carbonyl (C=O) groups is 2. The Morgan fingerprint density at radius 2 is 0.826 bits per heavy atom. The summed E-state index contributed by atoms with van der Waals surface area (Å²) in [4.78, 5) is 35.5. The second kappa shape index (κ2) is 50.6. The number of ether oxygens (including phenoxy) is 2. The summed E-state index contributed by atoms with van der Waals surface area (Å²) >= 11 is 0. The second-order valence-electron chi connectivity index (χ2n) is 20.3. The fraction of sp³-hybridized carbons (Fsp3) is 0.797. The van der Waals surface area contributed by atoms with Crippen molar-refractivity contribution < 1.29 is 42.1 Å². The number of allylic oxidation sites excluding steroid dienone is 10. The molecule has 0 spiro atoms. The molecule has 0 amide bonds. The van der Waals surface area contributed by atoms with E-state index in [0.29, 0.717) is 23.9 Å². The Balaban J connectivity index is 3.94. The van der Waals surface area contributed by atoms with Crippen LogP contribution in [0.2, 0.25) is 0 Å². The first kappa shape index (κ1) is 66.7.